The molecule has 1 aliphatic heterocycles. The summed E-state index contributed by atoms with van der Waals surface area (Å²) < 4.78 is 13.9. The quantitative estimate of drug-likeness (QED) is 0.843. The van der Waals surface area contributed by atoms with E-state index in [1.807, 2.05) is 0 Å². The fourth-order valence-electron chi connectivity index (χ4n) is 2.03. The lowest BCUT2D eigenvalue weighted by Crippen LogP contribution is -2.24. The van der Waals surface area contributed by atoms with Crippen LogP contribution in [0.2, 0.25) is 0 Å². The number of rotatable bonds is 3. The first-order valence-corrected chi connectivity index (χ1v) is 7.64. The Bertz CT molecular complexity index is 523. The van der Waals surface area contributed by atoms with E-state index >= 15 is 0 Å². The van der Waals surface area contributed by atoms with Crippen LogP contribution in [0.1, 0.15) is 13.3 Å². The molecular formula is C13H13BrFNO2S. The van der Waals surface area contributed by atoms with E-state index in [9.17, 15) is 14.0 Å². The molecule has 1 atom stereocenters. The van der Waals surface area contributed by atoms with Crippen molar-refractivity contribution in [3.8, 4) is 0 Å². The Morgan fingerprint density at radius 1 is 1.58 bits per heavy atom. The minimum Gasteiger partial charge on any atom is -0.312 e. The second-order valence-corrected chi connectivity index (χ2v) is 6.53. The zero-order chi connectivity index (χ0) is 14.0. The molecule has 6 heteroatoms. The van der Waals surface area contributed by atoms with E-state index in [0.717, 1.165) is 0 Å². The number of hydrogen-bond donors (Lipinski definition) is 0. The predicted octanol–water partition coefficient (Wildman–Crippen LogP) is 3.22. The van der Waals surface area contributed by atoms with Crippen molar-refractivity contribution in [2.75, 3.05) is 17.2 Å². The molecule has 0 N–H and O–H groups in total. The summed E-state index contributed by atoms with van der Waals surface area (Å²) >= 11 is 4.32. The van der Waals surface area contributed by atoms with E-state index in [-0.39, 0.29) is 22.8 Å². The van der Waals surface area contributed by atoms with Gasteiger partial charge in [0, 0.05) is 31.3 Å². The van der Waals surface area contributed by atoms with Crippen LogP contribution in [0.3, 0.4) is 0 Å². The Hall–Kier alpha value is -0.880. The van der Waals surface area contributed by atoms with Gasteiger partial charge in [0.1, 0.15) is 5.82 Å². The van der Waals surface area contributed by atoms with Crippen molar-refractivity contribution in [3.63, 3.8) is 0 Å². The minimum absolute atomic E-state index is 0.0177. The molecule has 1 aromatic carbocycles. The highest BCUT2D eigenvalue weighted by molar-refractivity contribution is 9.10. The van der Waals surface area contributed by atoms with Gasteiger partial charge >= 0.3 is 0 Å². The van der Waals surface area contributed by atoms with Crippen LogP contribution in [0.4, 0.5) is 10.1 Å². The molecule has 2 rings (SSSR count). The number of thioether (sulfide) groups is 1. The van der Waals surface area contributed by atoms with Gasteiger partial charge in [0.05, 0.1) is 4.47 Å². The van der Waals surface area contributed by atoms with Crippen molar-refractivity contribution in [3.05, 3.63) is 28.5 Å². The number of nitrogens with zero attached hydrogens (tertiary/aromatic N) is 1. The molecule has 0 aliphatic carbocycles. The Balaban J connectivity index is 2.07. The third kappa shape index (κ3) is 3.57. The lowest BCUT2D eigenvalue weighted by atomic mass is 10.1. The Morgan fingerprint density at radius 3 is 2.95 bits per heavy atom. The lowest BCUT2D eigenvalue weighted by molar-refractivity contribution is -0.117. The number of carbonyl (C=O) groups excluding carboxylic acids is 2. The van der Waals surface area contributed by atoms with Crippen molar-refractivity contribution < 1.29 is 14.0 Å². The molecule has 19 heavy (non-hydrogen) atoms. The second kappa shape index (κ2) is 6.05. The van der Waals surface area contributed by atoms with Gasteiger partial charge < -0.3 is 4.90 Å². The minimum atomic E-state index is -0.383. The molecule has 3 nitrogen and oxygen atoms in total. The molecule has 1 aromatic rings. The first kappa shape index (κ1) is 14.5. The molecule has 1 saturated heterocycles. The van der Waals surface area contributed by atoms with Crippen LogP contribution in [0.15, 0.2) is 22.7 Å². The summed E-state index contributed by atoms with van der Waals surface area (Å²) in [5.41, 5.74) is 0.570. The second-order valence-electron chi connectivity index (χ2n) is 4.48. The molecule has 0 aromatic heterocycles. The van der Waals surface area contributed by atoms with E-state index in [1.165, 1.54) is 24.8 Å². The maximum atomic E-state index is 13.5. The van der Waals surface area contributed by atoms with Gasteiger partial charge in [0.2, 0.25) is 5.91 Å². The van der Waals surface area contributed by atoms with Crippen LogP contribution in [-0.4, -0.2) is 23.3 Å². The van der Waals surface area contributed by atoms with E-state index in [0.29, 0.717) is 28.9 Å². The smallest absolute Gasteiger partial charge is 0.227 e. The van der Waals surface area contributed by atoms with Crippen LogP contribution >= 0.6 is 27.7 Å². The molecule has 1 unspecified atom stereocenters. The van der Waals surface area contributed by atoms with Gasteiger partial charge in [-0.25, -0.2) is 4.39 Å². The highest BCUT2D eigenvalue weighted by Crippen LogP contribution is 2.29. The fourth-order valence-corrected chi connectivity index (χ4v) is 2.97. The van der Waals surface area contributed by atoms with E-state index in [1.54, 1.807) is 17.0 Å². The SMILES string of the molecule is CC(=O)SCC1CC(=O)N(c2ccc(Br)c(F)c2)C1. The molecule has 1 fully saturated rings. The van der Waals surface area contributed by atoms with Gasteiger partial charge in [0.25, 0.3) is 0 Å². The molecule has 1 amide bonds. The number of halogens is 2. The van der Waals surface area contributed by atoms with E-state index < -0.39 is 0 Å². The Morgan fingerprint density at radius 2 is 2.32 bits per heavy atom. The van der Waals surface area contributed by atoms with Crippen LogP contribution in [0, 0.1) is 11.7 Å². The Labute approximate surface area is 123 Å². The summed E-state index contributed by atoms with van der Waals surface area (Å²) in [6, 6.07) is 4.66. The third-order valence-electron chi connectivity index (χ3n) is 2.94. The van der Waals surface area contributed by atoms with Crippen molar-refractivity contribution in [1.29, 1.82) is 0 Å². The molecule has 0 spiro atoms. The summed E-state index contributed by atoms with van der Waals surface area (Å²) in [5.74, 6) is 0.382. The average molecular weight is 346 g/mol. The van der Waals surface area contributed by atoms with Gasteiger partial charge in [0.15, 0.2) is 5.12 Å². The number of carbonyl (C=O) groups is 2. The largest absolute Gasteiger partial charge is 0.312 e. The molecule has 0 radical (unpaired) electrons. The maximum absolute atomic E-state index is 13.5. The van der Waals surface area contributed by atoms with Crippen molar-refractivity contribution in [1.82, 2.24) is 0 Å². The summed E-state index contributed by atoms with van der Waals surface area (Å²) in [5, 5.41) is 0.0561. The van der Waals surface area contributed by atoms with E-state index in [4.69, 9.17) is 0 Å². The zero-order valence-corrected chi connectivity index (χ0v) is 12.8. The molecule has 1 aliphatic rings. The van der Waals surface area contributed by atoms with Crippen LogP contribution in [0.25, 0.3) is 0 Å². The van der Waals surface area contributed by atoms with E-state index in [2.05, 4.69) is 15.9 Å². The van der Waals surface area contributed by atoms with Gasteiger partial charge in [-0.2, -0.15) is 0 Å². The van der Waals surface area contributed by atoms with Crippen LogP contribution < -0.4 is 4.90 Å². The highest BCUT2D eigenvalue weighted by Gasteiger charge is 2.31. The average Bonchev–Trinajstić information content (AvgIpc) is 2.72. The molecular weight excluding hydrogens is 333 g/mol. The van der Waals surface area contributed by atoms with Crippen molar-refractivity contribution in [2.24, 2.45) is 5.92 Å². The van der Waals surface area contributed by atoms with Gasteiger partial charge in [-0.05, 0) is 40.0 Å². The summed E-state index contributed by atoms with van der Waals surface area (Å²) in [7, 11) is 0. The van der Waals surface area contributed by atoms with Crippen LogP contribution in [0.5, 0.6) is 0 Å². The monoisotopic (exact) mass is 345 g/mol. The maximum Gasteiger partial charge on any atom is 0.227 e. The molecule has 102 valence electrons. The summed E-state index contributed by atoms with van der Waals surface area (Å²) in [6.07, 6.45) is 0.415. The number of amides is 1. The van der Waals surface area contributed by atoms with Gasteiger partial charge in [-0.15, -0.1) is 0 Å². The number of hydrogen-bond acceptors (Lipinski definition) is 3. The third-order valence-corrected chi connectivity index (χ3v) is 4.63. The van der Waals surface area contributed by atoms with Gasteiger partial charge in [-0.1, -0.05) is 11.8 Å². The topological polar surface area (TPSA) is 37.4 Å². The first-order valence-electron chi connectivity index (χ1n) is 5.86. The normalized spacial score (nSPS) is 19.0. The van der Waals surface area contributed by atoms with Crippen molar-refractivity contribution in [2.45, 2.75) is 13.3 Å². The fraction of sp³-hybridized carbons (Fsp3) is 0.385. The van der Waals surface area contributed by atoms with Crippen molar-refractivity contribution >= 4 is 44.4 Å². The summed E-state index contributed by atoms with van der Waals surface area (Å²) in [4.78, 5) is 24.4. The number of anilines is 1. The Kier molecular flexibility index (Phi) is 4.62. The highest BCUT2D eigenvalue weighted by atomic mass is 79.9. The molecule has 0 bridgehead atoms. The lowest BCUT2D eigenvalue weighted by Gasteiger charge is -2.17. The summed E-state index contributed by atoms with van der Waals surface area (Å²) in [6.45, 7) is 2.06. The molecule has 1 heterocycles. The standard InChI is InChI=1S/C13H13BrFNO2S/c1-8(17)19-7-9-4-13(18)16(6-9)10-2-3-11(14)12(15)5-10/h2-3,5,9H,4,6-7H2,1H3. The molecule has 0 saturated carbocycles. The zero-order valence-electron chi connectivity index (χ0n) is 10.4. The van der Waals surface area contributed by atoms with Crippen LogP contribution in [-0.2, 0) is 9.59 Å². The first-order chi connectivity index (χ1) is 8.97. The number of benzene rings is 1. The van der Waals surface area contributed by atoms with Gasteiger partial charge in [-0.3, -0.25) is 9.59 Å². The predicted molar refractivity (Wildman–Crippen MR) is 77.7 cm³/mol.